The molecule has 114 valence electrons. The van der Waals surface area contributed by atoms with Crippen LogP contribution >= 0.6 is 11.3 Å². The van der Waals surface area contributed by atoms with Gasteiger partial charge in [0.05, 0.1) is 5.56 Å². The molecule has 0 unspecified atom stereocenters. The Balaban J connectivity index is 1.64. The lowest BCUT2D eigenvalue weighted by Gasteiger charge is -2.30. The van der Waals surface area contributed by atoms with Gasteiger partial charge >= 0.3 is 0 Å². The Morgan fingerprint density at radius 1 is 1.18 bits per heavy atom. The summed E-state index contributed by atoms with van der Waals surface area (Å²) < 4.78 is 0. The van der Waals surface area contributed by atoms with Gasteiger partial charge in [0.25, 0.3) is 5.91 Å². The molecule has 0 N–H and O–H groups in total. The molecular formula is C17H19N3OS. The van der Waals surface area contributed by atoms with Crippen molar-refractivity contribution < 1.29 is 4.79 Å². The Kier molecular flexibility index (Phi) is 3.58. The molecule has 0 aromatic carbocycles. The van der Waals surface area contributed by atoms with Crippen LogP contribution in [-0.2, 0) is 13.0 Å². The molecule has 0 bridgehead atoms. The first-order chi connectivity index (χ1) is 10.8. The van der Waals surface area contributed by atoms with E-state index in [2.05, 4.69) is 21.3 Å². The lowest BCUT2D eigenvalue weighted by atomic mass is 10.1. The van der Waals surface area contributed by atoms with Crippen LogP contribution in [0.2, 0.25) is 0 Å². The molecule has 2 aromatic heterocycles. The van der Waals surface area contributed by atoms with Crippen LogP contribution in [0.25, 0.3) is 0 Å². The highest BCUT2D eigenvalue weighted by Gasteiger charge is 2.26. The molecule has 4 nitrogen and oxygen atoms in total. The van der Waals surface area contributed by atoms with Gasteiger partial charge in [-0.25, -0.2) is 4.98 Å². The number of hydrogen-bond acceptors (Lipinski definition) is 4. The fraction of sp³-hybridized carbons (Fsp3) is 0.412. The van der Waals surface area contributed by atoms with Crippen molar-refractivity contribution in [3.63, 3.8) is 0 Å². The maximum absolute atomic E-state index is 12.8. The molecule has 0 radical (unpaired) electrons. The number of anilines is 1. The number of fused-ring (bicyclic) bond motifs is 1. The summed E-state index contributed by atoms with van der Waals surface area (Å²) in [4.78, 5) is 23.0. The normalized spacial score (nSPS) is 17.6. The van der Waals surface area contributed by atoms with Crippen molar-refractivity contribution in [3.8, 4) is 0 Å². The third-order valence-electron chi connectivity index (χ3n) is 4.52. The van der Waals surface area contributed by atoms with E-state index < -0.39 is 0 Å². The van der Waals surface area contributed by atoms with Gasteiger partial charge < -0.3 is 9.80 Å². The van der Waals surface area contributed by atoms with E-state index >= 15 is 0 Å². The first-order valence-corrected chi connectivity index (χ1v) is 8.75. The molecule has 2 aliphatic rings. The van der Waals surface area contributed by atoms with Gasteiger partial charge in [-0.1, -0.05) is 0 Å². The predicted octanol–water partition coefficient (Wildman–Crippen LogP) is 2.94. The van der Waals surface area contributed by atoms with Crippen molar-refractivity contribution in [1.29, 1.82) is 0 Å². The van der Waals surface area contributed by atoms with E-state index in [1.807, 2.05) is 28.4 Å². The van der Waals surface area contributed by atoms with Gasteiger partial charge in [-0.2, -0.15) is 0 Å². The summed E-state index contributed by atoms with van der Waals surface area (Å²) in [5, 5.41) is 2.16. The first-order valence-electron chi connectivity index (χ1n) is 7.87. The Hall–Kier alpha value is -1.88. The Morgan fingerprint density at radius 2 is 2.05 bits per heavy atom. The van der Waals surface area contributed by atoms with Crippen LogP contribution < -0.4 is 4.90 Å². The van der Waals surface area contributed by atoms with Crippen LogP contribution in [0, 0.1) is 0 Å². The van der Waals surface area contributed by atoms with Gasteiger partial charge in [0.2, 0.25) is 0 Å². The van der Waals surface area contributed by atoms with Crippen LogP contribution in [0.15, 0.2) is 29.8 Å². The van der Waals surface area contributed by atoms with Crippen molar-refractivity contribution in [1.82, 2.24) is 9.88 Å². The highest BCUT2D eigenvalue weighted by atomic mass is 32.1. The number of likely N-dealkylation sites (tertiary alicyclic amines) is 1. The smallest absolute Gasteiger partial charge is 0.257 e. The third-order valence-corrected chi connectivity index (χ3v) is 5.54. The average molecular weight is 313 g/mol. The molecule has 0 spiro atoms. The van der Waals surface area contributed by atoms with E-state index in [1.54, 1.807) is 6.20 Å². The summed E-state index contributed by atoms with van der Waals surface area (Å²) >= 11 is 1.83. The van der Waals surface area contributed by atoms with Crippen LogP contribution in [0.3, 0.4) is 0 Å². The van der Waals surface area contributed by atoms with Crippen molar-refractivity contribution in [2.45, 2.75) is 25.8 Å². The Bertz CT molecular complexity index is 691. The van der Waals surface area contributed by atoms with Gasteiger partial charge in [-0.15, -0.1) is 11.3 Å². The monoisotopic (exact) mass is 313 g/mol. The predicted molar refractivity (Wildman–Crippen MR) is 88.4 cm³/mol. The number of carbonyl (C=O) groups excluding carboxylic acids is 1. The highest BCUT2D eigenvalue weighted by Crippen LogP contribution is 2.29. The zero-order valence-corrected chi connectivity index (χ0v) is 13.3. The molecule has 2 aliphatic heterocycles. The summed E-state index contributed by atoms with van der Waals surface area (Å²) in [6, 6.07) is 5.98. The van der Waals surface area contributed by atoms with E-state index in [-0.39, 0.29) is 5.91 Å². The molecule has 0 atom stereocenters. The minimum atomic E-state index is 0.136. The zero-order chi connectivity index (χ0) is 14.9. The number of thiophene rings is 1. The van der Waals surface area contributed by atoms with Gasteiger partial charge in [0.1, 0.15) is 5.82 Å². The Labute approximate surface area is 134 Å². The van der Waals surface area contributed by atoms with Crippen molar-refractivity contribution >= 4 is 23.1 Å². The molecule has 5 heteroatoms. The molecule has 0 aliphatic carbocycles. The number of nitrogens with zero attached hydrogens (tertiary/aromatic N) is 3. The number of amides is 1. The van der Waals surface area contributed by atoms with Crippen LogP contribution in [0.5, 0.6) is 0 Å². The SMILES string of the molecule is O=C(c1cccnc1N1CCc2sccc2C1)N1CCCC1. The first kappa shape index (κ1) is 13.8. The van der Waals surface area contributed by atoms with E-state index in [9.17, 15) is 4.79 Å². The summed E-state index contributed by atoms with van der Waals surface area (Å²) in [6.07, 6.45) is 5.06. The minimum Gasteiger partial charge on any atom is -0.351 e. The second-order valence-electron chi connectivity index (χ2n) is 5.91. The topological polar surface area (TPSA) is 36.4 Å². The second kappa shape index (κ2) is 5.72. The quantitative estimate of drug-likeness (QED) is 0.855. The van der Waals surface area contributed by atoms with E-state index in [0.29, 0.717) is 0 Å². The standard InChI is InChI=1S/C17H19N3OS/c21-17(19-8-1-2-9-19)14-4-3-7-18-16(14)20-10-5-15-13(12-20)6-11-22-15/h3-4,6-7,11H,1-2,5,8-10,12H2. The fourth-order valence-electron chi connectivity index (χ4n) is 3.34. The van der Waals surface area contributed by atoms with Crippen molar-refractivity contribution in [2.75, 3.05) is 24.5 Å². The molecule has 1 amide bonds. The lowest BCUT2D eigenvalue weighted by molar-refractivity contribution is 0.0793. The van der Waals surface area contributed by atoms with Crippen molar-refractivity contribution in [2.24, 2.45) is 0 Å². The maximum atomic E-state index is 12.8. The largest absolute Gasteiger partial charge is 0.351 e. The average Bonchev–Trinajstić information content (AvgIpc) is 3.24. The minimum absolute atomic E-state index is 0.136. The lowest BCUT2D eigenvalue weighted by Crippen LogP contribution is -2.34. The fourth-order valence-corrected chi connectivity index (χ4v) is 4.23. The maximum Gasteiger partial charge on any atom is 0.257 e. The summed E-state index contributed by atoms with van der Waals surface area (Å²) in [5.74, 6) is 0.980. The molecule has 1 fully saturated rings. The molecule has 0 saturated carbocycles. The van der Waals surface area contributed by atoms with Crippen LogP contribution in [0.1, 0.15) is 33.6 Å². The van der Waals surface area contributed by atoms with Crippen molar-refractivity contribution in [3.05, 3.63) is 45.8 Å². The van der Waals surface area contributed by atoms with E-state index in [1.165, 1.54) is 10.4 Å². The van der Waals surface area contributed by atoms with Crippen LogP contribution in [-0.4, -0.2) is 35.4 Å². The van der Waals surface area contributed by atoms with Gasteiger partial charge in [-0.05, 0) is 48.4 Å². The number of hydrogen-bond donors (Lipinski definition) is 0. The molecule has 4 heterocycles. The summed E-state index contributed by atoms with van der Waals surface area (Å²) in [5.41, 5.74) is 2.13. The molecular weight excluding hydrogens is 294 g/mol. The third kappa shape index (κ3) is 2.39. The summed E-state index contributed by atoms with van der Waals surface area (Å²) in [7, 11) is 0. The van der Waals surface area contributed by atoms with Gasteiger partial charge in [-0.3, -0.25) is 4.79 Å². The Morgan fingerprint density at radius 3 is 2.91 bits per heavy atom. The van der Waals surface area contributed by atoms with Crippen LogP contribution in [0.4, 0.5) is 5.82 Å². The zero-order valence-electron chi connectivity index (χ0n) is 12.5. The number of aromatic nitrogens is 1. The number of pyridine rings is 1. The van der Waals surface area contributed by atoms with E-state index in [0.717, 1.165) is 56.8 Å². The number of rotatable bonds is 2. The summed E-state index contributed by atoms with van der Waals surface area (Å²) in [6.45, 7) is 3.55. The molecule has 1 saturated heterocycles. The second-order valence-corrected chi connectivity index (χ2v) is 6.92. The molecule has 22 heavy (non-hydrogen) atoms. The van der Waals surface area contributed by atoms with Gasteiger partial charge in [0.15, 0.2) is 0 Å². The highest BCUT2D eigenvalue weighted by molar-refractivity contribution is 7.10. The molecule has 4 rings (SSSR count). The van der Waals surface area contributed by atoms with E-state index in [4.69, 9.17) is 0 Å². The molecule has 2 aromatic rings. The van der Waals surface area contributed by atoms with Gasteiger partial charge in [0, 0.05) is 37.3 Å². The number of carbonyl (C=O) groups is 1.